The van der Waals surface area contributed by atoms with Gasteiger partial charge in [-0.2, -0.15) is 0 Å². The van der Waals surface area contributed by atoms with Crippen LogP contribution in [0.5, 0.6) is 0 Å². The van der Waals surface area contributed by atoms with Gasteiger partial charge >= 0.3 is 5.97 Å². The van der Waals surface area contributed by atoms with Crippen molar-refractivity contribution in [3.8, 4) is 0 Å². The van der Waals surface area contributed by atoms with E-state index < -0.39 is 5.97 Å². The minimum absolute atomic E-state index is 0.0155. The van der Waals surface area contributed by atoms with Crippen LogP contribution in [-0.4, -0.2) is 30.7 Å². The lowest BCUT2D eigenvalue weighted by molar-refractivity contribution is -0.135. The SMILES string of the molecule is O=C(O)CN1CCCNc2cccc(Cl)c21. The van der Waals surface area contributed by atoms with E-state index in [1.165, 1.54) is 0 Å². The van der Waals surface area contributed by atoms with Gasteiger partial charge in [0.25, 0.3) is 0 Å². The molecule has 4 nitrogen and oxygen atoms in total. The molecule has 0 aromatic heterocycles. The van der Waals surface area contributed by atoms with Gasteiger partial charge in [-0.15, -0.1) is 0 Å². The van der Waals surface area contributed by atoms with Gasteiger partial charge in [0, 0.05) is 13.1 Å². The van der Waals surface area contributed by atoms with Crippen LogP contribution in [0, 0.1) is 0 Å². The smallest absolute Gasteiger partial charge is 0.323 e. The molecule has 0 aliphatic carbocycles. The van der Waals surface area contributed by atoms with Crippen molar-refractivity contribution in [1.29, 1.82) is 0 Å². The molecule has 86 valence electrons. The molecule has 5 heteroatoms. The zero-order valence-corrected chi connectivity index (χ0v) is 9.50. The first-order valence-corrected chi connectivity index (χ1v) is 5.55. The number of nitrogens with zero attached hydrogens (tertiary/aromatic N) is 1. The molecule has 0 amide bonds. The molecule has 0 fully saturated rings. The molecule has 0 spiro atoms. The second-order valence-corrected chi connectivity index (χ2v) is 4.14. The van der Waals surface area contributed by atoms with Gasteiger partial charge in [-0.25, -0.2) is 0 Å². The molecule has 1 aromatic rings. The Labute approximate surface area is 98.8 Å². The van der Waals surface area contributed by atoms with E-state index in [1.54, 1.807) is 11.0 Å². The van der Waals surface area contributed by atoms with E-state index in [-0.39, 0.29) is 6.54 Å². The first kappa shape index (κ1) is 11.1. The highest BCUT2D eigenvalue weighted by Crippen LogP contribution is 2.35. The van der Waals surface area contributed by atoms with Gasteiger partial charge < -0.3 is 15.3 Å². The Morgan fingerprint density at radius 3 is 3.12 bits per heavy atom. The van der Waals surface area contributed by atoms with Gasteiger partial charge in [-0.3, -0.25) is 4.79 Å². The number of carbonyl (C=O) groups is 1. The summed E-state index contributed by atoms with van der Waals surface area (Å²) in [4.78, 5) is 12.6. The quantitative estimate of drug-likeness (QED) is 0.831. The molecule has 0 atom stereocenters. The minimum Gasteiger partial charge on any atom is -0.480 e. The summed E-state index contributed by atoms with van der Waals surface area (Å²) in [6.45, 7) is 1.53. The van der Waals surface area contributed by atoms with Crippen molar-refractivity contribution >= 4 is 28.9 Å². The number of aliphatic carboxylic acids is 1. The number of anilines is 2. The lowest BCUT2D eigenvalue weighted by atomic mass is 10.2. The molecule has 1 aliphatic rings. The zero-order chi connectivity index (χ0) is 11.5. The number of halogens is 1. The Kier molecular flexibility index (Phi) is 3.19. The van der Waals surface area contributed by atoms with Crippen LogP contribution in [0.2, 0.25) is 5.02 Å². The van der Waals surface area contributed by atoms with Gasteiger partial charge in [-0.1, -0.05) is 17.7 Å². The van der Waals surface area contributed by atoms with E-state index in [4.69, 9.17) is 16.7 Å². The lowest BCUT2D eigenvalue weighted by Crippen LogP contribution is -2.30. The Bertz CT molecular complexity index is 409. The summed E-state index contributed by atoms with van der Waals surface area (Å²) in [7, 11) is 0. The van der Waals surface area contributed by atoms with Crippen molar-refractivity contribution in [1.82, 2.24) is 0 Å². The van der Waals surface area contributed by atoms with Crippen LogP contribution in [0.4, 0.5) is 11.4 Å². The Hall–Kier alpha value is -1.42. The maximum Gasteiger partial charge on any atom is 0.323 e. The van der Waals surface area contributed by atoms with E-state index in [0.717, 1.165) is 24.3 Å². The van der Waals surface area contributed by atoms with E-state index in [0.29, 0.717) is 11.6 Å². The first-order chi connectivity index (χ1) is 7.68. The van der Waals surface area contributed by atoms with Crippen LogP contribution in [0.25, 0.3) is 0 Å². The molecule has 2 N–H and O–H groups in total. The van der Waals surface area contributed by atoms with Crippen molar-refractivity contribution in [3.63, 3.8) is 0 Å². The minimum atomic E-state index is -0.840. The number of para-hydroxylation sites is 1. The molecule has 1 aliphatic heterocycles. The van der Waals surface area contributed by atoms with Crippen LogP contribution in [0.3, 0.4) is 0 Å². The monoisotopic (exact) mass is 240 g/mol. The number of benzene rings is 1. The normalized spacial score (nSPS) is 14.9. The molecule has 0 radical (unpaired) electrons. The lowest BCUT2D eigenvalue weighted by Gasteiger charge is -2.23. The largest absolute Gasteiger partial charge is 0.480 e. The molecule has 0 unspecified atom stereocenters. The summed E-state index contributed by atoms with van der Waals surface area (Å²) in [5.74, 6) is -0.840. The molecular weight excluding hydrogens is 228 g/mol. The number of rotatable bonds is 2. The van der Waals surface area contributed by atoms with Gasteiger partial charge in [0.05, 0.1) is 16.4 Å². The fourth-order valence-electron chi connectivity index (χ4n) is 1.91. The predicted molar refractivity (Wildman–Crippen MR) is 64.4 cm³/mol. The standard InChI is InChI=1S/C11H13ClN2O2/c12-8-3-1-4-9-11(8)14(7-10(15)16)6-2-5-13-9/h1,3-4,13H,2,5-7H2,(H,15,16). The second-order valence-electron chi connectivity index (χ2n) is 3.73. The third-order valence-electron chi connectivity index (χ3n) is 2.55. The number of fused-ring (bicyclic) bond motifs is 1. The second kappa shape index (κ2) is 4.61. The average Bonchev–Trinajstić information content (AvgIpc) is 2.41. The maximum atomic E-state index is 10.8. The van der Waals surface area contributed by atoms with Crippen LogP contribution < -0.4 is 10.2 Å². The molecular formula is C11H13ClN2O2. The zero-order valence-electron chi connectivity index (χ0n) is 8.74. The van der Waals surface area contributed by atoms with Gasteiger partial charge in [0.15, 0.2) is 0 Å². The molecule has 0 saturated heterocycles. The molecule has 1 heterocycles. The van der Waals surface area contributed by atoms with Crippen molar-refractivity contribution in [2.45, 2.75) is 6.42 Å². The molecule has 0 saturated carbocycles. The van der Waals surface area contributed by atoms with Crippen LogP contribution in [-0.2, 0) is 4.79 Å². The summed E-state index contributed by atoms with van der Waals surface area (Å²) in [6.07, 6.45) is 0.901. The highest BCUT2D eigenvalue weighted by Gasteiger charge is 2.19. The maximum absolute atomic E-state index is 10.8. The summed E-state index contributed by atoms with van der Waals surface area (Å²) < 4.78 is 0. The van der Waals surface area contributed by atoms with E-state index in [9.17, 15) is 4.79 Å². The molecule has 2 rings (SSSR count). The Morgan fingerprint density at radius 1 is 1.56 bits per heavy atom. The van der Waals surface area contributed by atoms with Crippen LogP contribution in [0.15, 0.2) is 18.2 Å². The van der Waals surface area contributed by atoms with Crippen LogP contribution in [0.1, 0.15) is 6.42 Å². The highest BCUT2D eigenvalue weighted by molar-refractivity contribution is 6.34. The molecule has 1 aromatic carbocycles. The third-order valence-corrected chi connectivity index (χ3v) is 2.85. The highest BCUT2D eigenvalue weighted by atomic mass is 35.5. The van der Waals surface area contributed by atoms with Crippen molar-refractivity contribution < 1.29 is 9.90 Å². The van der Waals surface area contributed by atoms with Crippen LogP contribution >= 0.6 is 11.6 Å². The fraction of sp³-hybridized carbons (Fsp3) is 0.364. The number of carboxylic acid groups (broad SMARTS) is 1. The van der Waals surface area contributed by atoms with E-state index in [2.05, 4.69) is 5.32 Å². The summed E-state index contributed by atoms with van der Waals surface area (Å²) in [6, 6.07) is 5.56. The van der Waals surface area contributed by atoms with Gasteiger partial charge in [0.1, 0.15) is 6.54 Å². The molecule has 0 bridgehead atoms. The Morgan fingerprint density at radius 2 is 2.38 bits per heavy atom. The first-order valence-electron chi connectivity index (χ1n) is 5.17. The molecule has 16 heavy (non-hydrogen) atoms. The predicted octanol–water partition coefficient (Wildman–Crippen LogP) is 2.05. The third kappa shape index (κ3) is 2.22. The van der Waals surface area contributed by atoms with Gasteiger partial charge in [0.2, 0.25) is 0 Å². The van der Waals surface area contributed by atoms with Crippen molar-refractivity contribution in [2.75, 3.05) is 29.9 Å². The number of hydrogen-bond acceptors (Lipinski definition) is 3. The number of nitrogens with one attached hydrogen (secondary N) is 1. The van der Waals surface area contributed by atoms with E-state index >= 15 is 0 Å². The summed E-state index contributed by atoms with van der Waals surface area (Å²) >= 11 is 6.12. The number of hydrogen-bond donors (Lipinski definition) is 2. The Balaban J connectivity index is 2.38. The summed E-state index contributed by atoms with van der Waals surface area (Å²) in [5, 5.41) is 12.7. The van der Waals surface area contributed by atoms with Crippen molar-refractivity contribution in [3.05, 3.63) is 23.2 Å². The number of carboxylic acids is 1. The fourth-order valence-corrected chi connectivity index (χ4v) is 2.20. The average molecular weight is 241 g/mol. The van der Waals surface area contributed by atoms with Gasteiger partial charge in [-0.05, 0) is 18.6 Å². The van der Waals surface area contributed by atoms with Crippen molar-refractivity contribution in [2.24, 2.45) is 0 Å². The van der Waals surface area contributed by atoms with E-state index in [1.807, 2.05) is 12.1 Å². The topological polar surface area (TPSA) is 52.6 Å². The summed E-state index contributed by atoms with van der Waals surface area (Å²) in [5.41, 5.74) is 1.70.